The average molecular weight is 468 g/mol. The fourth-order valence-electron chi connectivity index (χ4n) is 2.83. The molecule has 1 saturated heterocycles. The highest BCUT2D eigenvalue weighted by Gasteiger charge is 2.27. The predicted octanol–water partition coefficient (Wildman–Crippen LogP) is -1.11. The van der Waals surface area contributed by atoms with E-state index in [4.69, 9.17) is 14.2 Å². The van der Waals surface area contributed by atoms with E-state index in [9.17, 15) is 27.6 Å². The standard InChI is InChI=1S/C18H20N4O9S/c1-29-14-8-11(32(27,28)22-4-6-30-7-5-22)2-3-13(14)20-15(23)10-31-17(25)12-9-19-18(26)21-16(12)24/h2-3,8-9H,4-7,10H2,1H3,(H,20,23)(H2,19,21,24,26). The molecule has 32 heavy (non-hydrogen) atoms. The Kier molecular flexibility index (Phi) is 7.07. The van der Waals surface area contributed by atoms with Crippen LogP contribution in [0.15, 0.2) is 38.9 Å². The number of morpholine rings is 1. The molecule has 0 aliphatic carbocycles. The first-order valence-electron chi connectivity index (χ1n) is 9.27. The number of carbonyl (C=O) groups is 2. The van der Waals surface area contributed by atoms with Crippen LogP contribution in [0.2, 0.25) is 0 Å². The van der Waals surface area contributed by atoms with Crippen LogP contribution in [0.1, 0.15) is 10.4 Å². The van der Waals surface area contributed by atoms with Crippen molar-refractivity contribution >= 4 is 27.6 Å². The summed E-state index contributed by atoms with van der Waals surface area (Å²) in [6.45, 7) is 0.315. The van der Waals surface area contributed by atoms with Crippen molar-refractivity contribution in [3.8, 4) is 5.75 Å². The molecule has 1 fully saturated rings. The van der Waals surface area contributed by atoms with Crippen molar-refractivity contribution in [1.29, 1.82) is 0 Å². The summed E-state index contributed by atoms with van der Waals surface area (Å²) >= 11 is 0. The summed E-state index contributed by atoms with van der Waals surface area (Å²) in [4.78, 5) is 50.6. The topological polar surface area (TPSA) is 177 Å². The maximum Gasteiger partial charge on any atom is 0.345 e. The van der Waals surface area contributed by atoms with Crippen LogP contribution >= 0.6 is 0 Å². The van der Waals surface area contributed by atoms with Gasteiger partial charge in [0.15, 0.2) is 6.61 Å². The van der Waals surface area contributed by atoms with Gasteiger partial charge in [-0.1, -0.05) is 0 Å². The van der Waals surface area contributed by atoms with Crippen LogP contribution in [-0.2, 0) is 24.3 Å². The number of sulfonamides is 1. The second kappa shape index (κ2) is 9.76. The Bertz CT molecular complexity index is 1230. The van der Waals surface area contributed by atoms with Crippen molar-refractivity contribution in [2.24, 2.45) is 0 Å². The number of nitrogens with one attached hydrogen (secondary N) is 3. The molecule has 13 nitrogen and oxygen atoms in total. The van der Waals surface area contributed by atoms with E-state index in [1.165, 1.54) is 29.6 Å². The second-order valence-corrected chi connectivity index (χ2v) is 8.43. The third kappa shape index (κ3) is 5.22. The van der Waals surface area contributed by atoms with Gasteiger partial charge in [0.25, 0.3) is 11.5 Å². The van der Waals surface area contributed by atoms with Gasteiger partial charge in [0, 0.05) is 25.4 Å². The van der Waals surface area contributed by atoms with Crippen LogP contribution in [0.5, 0.6) is 5.75 Å². The first kappa shape index (κ1) is 23.2. The van der Waals surface area contributed by atoms with Gasteiger partial charge in [0.2, 0.25) is 10.0 Å². The van der Waals surface area contributed by atoms with Gasteiger partial charge >= 0.3 is 11.7 Å². The van der Waals surface area contributed by atoms with Gasteiger partial charge in [0.05, 0.1) is 30.9 Å². The van der Waals surface area contributed by atoms with E-state index in [1.54, 1.807) is 0 Å². The second-order valence-electron chi connectivity index (χ2n) is 6.49. The lowest BCUT2D eigenvalue weighted by Gasteiger charge is -2.26. The lowest BCUT2D eigenvalue weighted by Crippen LogP contribution is -2.40. The molecule has 1 aromatic carbocycles. The molecular weight excluding hydrogens is 448 g/mol. The van der Waals surface area contributed by atoms with Crippen LogP contribution in [0.25, 0.3) is 0 Å². The Balaban J connectivity index is 1.67. The van der Waals surface area contributed by atoms with E-state index >= 15 is 0 Å². The molecule has 2 aromatic rings. The van der Waals surface area contributed by atoms with E-state index in [0.29, 0.717) is 13.2 Å². The molecular formula is C18H20N4O9S. The minimum absolute atomic E-state index is 0.0158. The predicted molar refractivity (Wildman–Crippen MR) is 109 cm³/mol. The zero-order valence-corrected chi connectivity index (χ0v) is 17.7. The van der Waals surface area contributed by atoms with Crippen LogP contribution in [0.4, 0.5) is 5.69 Å². The molecule has 1 aliphatic rings. The summed E-state index contributed by atoms with van der Waals surface area (Å²) < 4.78 is 41.9. The Morgan fingerprint density at radius 1 is 1.22 bits per heavy atom. The molecule has 0 unspecified atom stereocenters. The molecule has 0 bridgehead atoms. The Hall–Kier alpha value is -3.49. The van der Waals surface area contributed by atoms with Crippen molar-refractivity contribution in [2.75, 3.05) is 45.3 Å². The molecule has 0 saturated carbocycles. The zero-order valence-electron chi connectivity index (χ0n) is 16.9. The summed E-state index contributed by atoms with van der Waals surface area (Å²) in [5.74, 6) is -1.80. The van der Waals surface area contributed by atoms with E-state index in [0.717, 1.165) is 6.20 Å². The first-order valence-corrected chi connectivity index (χ1v) is 10.7. The van der Waals surface area contributed by atoms with Crippen LogP contribution in [-0.4, -0.2) is 74.6 Å². The molecule has 2 heterocycles. The van der Waals surface area contributed by atoms with Gasteiger partial charge in [0.1, 0.15) is 11.3 Å². The molecule has 3 rings (SSSR count). The summed E-state index contributed by atoms with van der Waals surface area (Å²) in [7, 11) is -2.46. The van der Waals surface area contributed by atoms with Crippen molar-refractivity contribution in [3.63, 3.8) is 0 Å². The number of amides is 1. The smallest absolute Gasteiger partial charge is 0.345 e. The minimum atomic E-state index is -3.77. The number of methoxy groups -OCH3 is 1. The SMILES string of the molecule is COc1cc(S(=O)(=O)N2CCOCC2)ccc1NC(=O)COC(=O)c1c[nH]c(=O)[nH]c1=O. The zero-order chi connectivity index (χ0) is 23.3. The Labute approximate surface area is 181 Å². The molecule has 0 atom stereocenters. The van der Waals surface area contributed by atoms with Gasteiger partial charge in [-0.3, -0.25) is 14.6 Å². The molecule has 0 spiro atoms. The normalized spacial score (nSPS) is 14.5. The molecule has 172 valence electrons. The molecule has 14 heteroatoms. The lowest BCUT2D eigenvalue weighted by atomic mass is 10.3. The number of carbonyl (C=O) groups excluding carboxylic acids is 2. The number of hydrogen-bond acceptors (Lipinski definition) is 9. The van der Waals surface area contributed by atoms with Crippen molar-refractivity contribution in [1.82, 2.24) is 14.3 Å². The van der Waals surface area contributed by atoms with E-state index in [1.807, 2.05) is 4.98 Å². The number of nitrogens with zero attached hydrogens (tertiary/aromatic N) is 1. The third-order valence-electron chi connectivity index (χ3n) is 4.43. The van der Waals surface area contributed by atoms with Gasteiger partial charge in [-0.2, -0.15) is 4.31 Å². The van der Waals surface area contributed by atoms with Crippen LogP contribution in [0.3, 0.4) is 0 Å². The molecule has 1 aliphatic heterocycles. The fourth-order valence-corrected chi connectivity index (χ4v) is 4.25. The summed E-state index contributed by atoms with van der Waals surface area (Å²) in [6, 6.07) is 3.93. The number of hydrogen-bond donors (Lipinski definition) is 3. The van der Waals surface area contributed by atoms with Crippen LogP contribution < -0.4 is 21.3 Å². The highest BCUT2D eigenvalue weighted by Crippen LogP contribution is 2.29. The number of esters is 1. The molecule has 1 amide bonds. The maximum atomic E-state index is 12.8. The number of aromatic nitrogens is 2. The van der Waals surface area contributed by atoms with Gasteiger partial charge in [-0.05, 0) is 12.1 Å². The van der Waals surface area contributed by atoms with Crippen molar-refractivity contribution in [3.05, 3.63) is 50.8 Å². The van der Waals surface area contributed by atoms with Crippen molar-refractivity contribution < 1.29 is 32.2 Å². The summed E-state index contributed by atoms with van der Waals surface area (Å²) in [5, 5.41) is 2.44. The average Bonchev–Trinajstić information content (AvgIpc) is 2.78. The highest BCUT2D eigenvalue weighted by atomic mass is 32.2. The van der Waals surface area contributed by atoms with E-state index < -0.39 is 45.3 Å². The number of rotatable bonds is 7. The van der Waals surface area contributed by atoms with Gasteiger partial charge in [-0.25, -0.2) is 18.0 Å². The first-order chi connectivity index (χ1) is 15.2. The monoisotopic (exact) mass is 468 g/mol. The Morgan fingerprint density at radius 3 is 2.59 bits per heavy atom. The largest absolute Gasteiger partial charge is 0.495 e. The van der Waals surface area contributed by atoms with Crippen LogP contribution in [0, 0.1) is 0 Å². The highest BCUT2D eigenvalue weighted by molar-refractivity contribution is 7.89. The lowest BCUT2D eigenvalue weighted by molar-refractivity contribution is -0.119. The third-order valence-corrected chi connectivity index (χ3v) is 6.32. The minimum Gasteiger partial charge on any atom is -0.495 e. The number of benzene rings is 1. The number of aromatic amines is 2. The number of anilines is 1. The Morgan fingerprint density at radius 2 is 1.94 bits per heavy atom. The van der Waals surface area contributed by atoms with E-state index in [2.05, 4.69) is 10.3 Å². The number of H-pyrrole nitrogens is 2. The van der Waals surface area contributed by atoms with Gasteiger partial charge < -0.3 is 24.5 Å². The number of ether oxygens (including phenoxy) is 3. The fraction of sp³-hybridized carbons (Fsp3) is 0.333. The molecule has 3 N–H and O–H groups in total. The molecule has 0 radical (unpaired) electrons. The van der Waals surface area contributed by atoms with Gasteiger partial charge in [-0.15, -0.1) is 0 Å². The maximum absolute atomic E-state index is 12.8. The molecule has 1 aromatic heterocycles. The van der Waals surface area contributed by atoms with E-state index in [-0.39, 0.29) is 29.4 Å². The quantitative estimate of drug-likeness (QED) is 0.425. The summed E-state index contributed by atoms with van der Waals surface area (Å²) in [6.07, 6.45) is 0.873. The summed E-state index contributed by atoms with van der Waals surface area (Å²) in [5.41, 5.74) is -2.09. The van der Waals surface area contributed by atoms with Crippen molar-refractivity contribution in [2.45, 2.75) is 4.90 Å².